The summed E-state index contributed by atoms with van der Waals surface area (Å²) in [5.74, 6) is 2.08. The van der Waals surface area contributed by atoms with Crippen LogP contribution in [0.5, 0.6) is 0 Å². The van der Waals surface area contributed by atoms with Crippen LogP contribution in [0, 0.1) is 0 Å². The molecule has 0 amide bonds. The maximum atomic E-state index is 2.64. The van der Waals surface area contributed by atoms with Gasteiger partial charge in [0.2, 0.25) is 0 Å². The van der Waals surface area contributed by atoms with Gasteiger partial charge in [0.15, 0.2) is 0 Å². The van der Waals surface area contributed by atoms with Gasteiger partial charge in [0.25, 0.3) is 0 Å². The molecule has 0 nitrogen and oxygen atoms in total. The van der Waals surface area contributed by atoms with Gasteiger partial charge in [0.1, 0.15) is 0 Å². The third-order valence-electron chi connectivity index (χ3n) is 3.36. The molecule has 0 aliphatic heterocycles. The average Bonchev–Trinajstić information content (AvgIpc) is 2.35. The smallest absolute Gasteiger partial charge is 0.0347 e. The standard InChI is InChI=1S/C16H33P/c1-2-3-4-5-6-7-8-9-10-11-12-13-14-15-16-17/h15-16H,2-14,17H2,1H3. The Labute approximate surface area is 112 Å². The lowest BCUT2D eigenvalue weighted by atomic mass is 10.0. The van der Waals surface area contributed by atoms with Crippen molar-refractivity contribution >= 4 is 9.24 Å². The van der Waals surface area contributed by atoms with E-state index in [0.29, 0.717) is 0 Å². The van der Waals surface area contributed by atoms with E-state index < -0.39 is 0 Å². The fourth-order valence-electron chi connectivity index (χ4n) is 2.20. The Morgan fingerprint density at radius 1 is 0.647 bits per heavy atom. The highest BCUT2D eigenvalue weighted by atomic mass is 31.0. The van der Waals surface area contributed by atoms with E-state index >= 15 is 0 Å². The Kier molecular flexibility index (Phi) is 16.3. The third-order valence-corrected chi connectivity index (χ3v) is 3.63. The van der Waals surface area contributed by atoms with E-state index in [1.807, 2.05) is 0 Å². The van der Waals surface area contributed by atoms with E-state index in [2.05, 4.69) is 28.1 Å². The van der Waals surface area contributed by atoms with Crippen molar-refractivity contribution in [3.05, 3.63) is 11.9 Å². The molecule has 0 fully saturated rings. The Balaban J connectivity index is 2.89. The summed E-state index contributed by atoms with van der Waals surface area (Å²) in [6.45, 7) is 2.29. The highest BCUT2D eigenvalue weighted by Crippen LogP contribution is 2.12. The van der Waals surface area contributed by atoms with Gasteiger partial charge < -0.3 is 0 Å². The van der Waals surface area contributed by atoms with Gasteiger partial charge in [0.05, 0.1) is 0 Å². The van der Waals surface area contributed by atoms with Gasteiger partial charge in [-0.2, -0.15) is 0 Å². The Bertz CT molecular complexity index is 152. The Hall–Kier alpha value is 0.170. The topological polar surface area (TPSA) is 0 Å². The zero-order chi connectivity index (χ0) is 12.6. The lowest BCUT2D eigenvalue weighted by Crippen LogP contribution is -1.82. The van der Waals surface area contributed by atoms with Crippen LogP contribution in [0.4, 0.5) is 0 Å². The molecule has 17 heavy (non-hydrogen) atoms. The molecule has 0 bridgehead atoms. The molecule has 0 saturated carbocycles. The highest BCUT2D eigenvalue weighted by molar-refractivity contribution is 7.20. The van der Waals surface area contributed by atoms with Crippen LogP contribution in [-0.4, -0.2) is 0 Å². The Morgan fingerprint density at radius 3 is 1.47 bits per heavy atom. The van der Waals surface area contributed by atoms with Gasteiger partial charge in [-0.15, -0.1) is 9.24 Å². The Morgan fingerprint density at radius 2 is 1.06 bits per heavy atom. The van der Waals surface area contributed by atoms with Crippen LogP contribution in [0.15, 0.2) is 11.9 Å². The summed E-state index contributed by atoms with van der Waals surface area (Å²) in [6.07, 6.45) is 20.8. The summed E-state index contributed by atoms with van der Waals surface area (Å²) >= 11 is 0. The molecular weight excluding hydrogens is 223 g/mol. The lowest BCUT2D eigenvalue weighted by molar-refractivity contribution is 0.545. The summed E-state index contributed by atoms with van der Waals surface area (Å²) in [7, 11) is 2.64. The van der Waals surface area contributed by atoms with Crippen LogP contribution >= 0.6 is 9.24 Å². The molecular formula is C16H33P. The van der Waals surface area contributed by atoms with Crippen molar-refractivity contribution in [2.24, 2.45) is 0 Å². The molecule has 0 spiro atoms. The summed E-state index contributed by atoms with van der Waals surface area (Å²) in [5, 5.41) is 0. The van der Waals surface area contributed by atoms with Gasteiger partial charge >= 0.3 is 0 Å². The van der Waals surface area contributed by atoms with Gasteiger partial charge in [-0.05, 0) is 12.8 Å². The van der Waals surface area contributed by atoms with Crippen molar-refractivity contribution in [1.82, 2.24) is 0 Å². The van der Waals surface area contributed by atoms with Crippen molar-refractivity contribution < 1.29 is 0 Å². The van der Waals surface area contributed by atoms with E-state index in [4.69, 9.17) is 0 Å². The second-order valence-electron chi connectivity index (χ2n) is 5.11. The van der Waals surface area contributed by atoms with E-state index in [1.54, 1.807) is 0 Å². The normalized spacial score (nSPS) is 11.4. The third kappa shape index (κ3) is 16.2. The van der Waals surface area contributed by atoms with Gasteiger partial charge in [-0.1, -0.05) is 89.4 Å². The molecule has 0 aromatic carbocycles. The molecule has 0 aromatic heterocycles. The monoisotopic (exact) mass is 256 g/mol. The first kappa shape index (κ1) is 17.2. The predicted octanol–water partition coefficient (Wildman–Crippen LogP) is 6.47. The number of hydrogen-bond donors (Lipinski definition) is 0. The molecule has 102 valence electrons. The lowest BCUT2D eigenvalue weighted by Gasteiger charge is -2.02. The second kappa shape index (κ2) is 16.2. The van der Waals surface area contributed by atoms with Crippen LogP contribution in [0.25, 0.3) is 0 Å². The number of allylic oxidation sites excluding steroid dienone is 1. The number of rotatable bonds is 13. The zero-order valence-electron chi connectivity index (χ0n) is 11.9. The summed E-state index contributed by atoms with van der Waals surface area (Å²) in [5.41, 5.74) is 0. The molecule has 0 aliphatic rings. The van der Waals surface area contributed by atoms with Crippen LogP contribution in [0.2, 0.25) is 0 Å². The van der Waals surface area contributed by atoms with E-state index in [-0.39, 0.29) is 0 Å². The van der Waals surface area contributed by atoms with Gasteiger partial charge in [-0.3, -0.25) is 0 Å². The van der Waals surface area contributed by atoms with Crippen molar-refractivity contribution in [1.29, 1.82) is 0 Å². The number of unbranched alkanes of at least 4 members (excludes halogenated alkanes) is 12. The number of hydrogen-bond acceptors (Lipinski definition) is 0. The molecule has 0 N–H and O–H groups in total. The van der Waals surface area contributed by atoms with Gasteiger partial charge in [-0.25, -0.2) is 0 Å². The molecule has 0 radical (unpaired) electrons. The fraction of sp³-hybridized carbons (Fsp3) is 0.875. The SMILES string of the molecule is CCCCCCCCCCCCCCC=CP. The van der Waals surface area contributed by atoms with Crippen LogP contribution in [0.3, 0.4) is 0 Å². The molecule has 1 heteroatoms. The van der Waals surface area contributed by atoms with Crippen molar-refractivity contribution in [3.8, 4) is 0 Å². The van der Waals surface area contributed by atoms with E-state index in [0.717, 1.165) is 0 Å². The van der Waals surface area contributed by atoms with Crippen LogP contribution < -0.4 is 0 Å². The minimum Gasteiger partial charge on any atom is -0.114 e. The minimum absolute atomic E-state index is 1.26. The maximum Gasteiger partial charge on any atom is -0.0347 e. The zero-order valence-corrected chi connectivity index (χ0v) is 13.1. The second-order valence-corrected chi connectivity index (χ2v) is 5.49. The summed E-state index contributed by atoms with van der Waals surface area (Å²) < 4.78 is 0. The average molecular weight is 256 g/mol. The van der Waals surface area contributed by atoms with Crippen LogP contribution in [0.1, 0.15) is 90.4 Å². The molecule has 0 heterocycles. The van der Waals surface area contributed by atoms with Crippen LogP contribution in [-0.2, 0) is 0 Å². The molecule has 0 aromatic rings. The molecule has 0 aliphatic carbocycles. The van der Waals surface area contributed by atoms with Gasteiger partial charge in [0, 0.05) is 0 Å². The largest absolute Gasteiger partial charge is 0.114 e. The maximum absolute atomic E-state index is 2.64. The summed E-state index contributed by atoms with van der Waals surface area (Å²) in [6, 6.07) is 0. The first-order valence-corrected chi connectivity index (χ1v) is 8.45. The first-order chi connectivity index (χ1) is 8.41. The van der Waals surface area contributed by atoms with Crippen molar-refractivity contribution in [2.45, 2.75) is 90.4 Å². The quantitative estimate of drug-likeness (QED) is 0.262. The fourth-order valence-corrected chi connectivity index (χ4v) is 2.39. The van der Waals surface area contributed by atoms with Crippen molar-refractivity contribution in [3.63, 3.8) is 0 Å². The van der Waals surface area contributed by atoms with Crippen molar-refractivity contribution in [2.75, 3.05) is 0 Å². The molecule has 0 saturated heterocycles. The van der Waals surface area contributed by atoms with E-state index in [9.17, 15) is 0 Å². The first-order valence-electron chi connectivity index (χ1n) is 7.78. The minimum atomic E-state index is 1.26. The molecule has 1 unspecified atom stereocenters. The van der Waals surface area contributed by atoms with E-state index in [1.165, 1.54) is 83.5 Å². The summed E-state index contributed by atoms with van der Waals surface area (Å²) in [4.78, 5) is 0. The highest BCUT2D eigenvalue weighted by Gasteiger charge is 1.92. The predicted molar refractivity (Wildman–Crippen MR) is 84.5 cm³/mol. The molecule has 0 rings (SSSR count). The molecule has 1 atom stereocenters.